The number of hydrogen-bond donors (Lipinski definition) is 1. The molecule has 0 aliphatic rings. The third kappa shape index (κ3) is 2.39. The van der Waals surface area contributed by atoms with E-state index < -0.39 is 0 Å². The molecule has 19 heavy (non-hydrogen) atoms. The Kier molecular flexibility index (Phi) is 3.31. The van der Waals surface area contributed by atoms with Crippen LogP contribution in [0.2, 0.25) is 5.28 Å². The Morgan fingerprint density at radius 2 is 2.32 bits per heavy atom. The zero-order chi connectivity index (χ0) is 13.2. The maximum absolute atomic E-state index is 5.91. The Hall–Kier alpha value is -1.73. The van der Waals surface area contributed by atoms with Gasteiger partial charge < -0.3 is 9.88 Å². The first-order valence-electron chi connectivity index (χ1n) is 5.79. The Morgan fingerprint density at radius 1 is 1.42 bits per heavy atom. The topological polar surface area (TPSA) is 68.5 Å². The van der Waals surface area contributed by atoms with Crippen molar-refractivity contribution in [3.05, 3.63) is 28.9 Å². The second-order valence-electron chi connectivity index (χ2n) is 3.87. The molecule has 6 nitrogen and oxygen atoms in total. The number of aromatic nitrogens is 5. The molecule has 0 bridgehead atoms. The van der Waals surface area contributed by atoms with Gasteiger partial charge in [0.15, 0.2) is 5.82 Å². The predicted molar refractivity (Wildman–Crippen MR) is 75.4 cm³/mol. The SMILES string of the molecule is CCn1cnnc1CNc1nc(Cl)nc2sccc12. The van der Waals surface area contributed by atoms with E-state index in [1.54, 1.807) is 6.33 Å². The number of hydrogen-bond acceptors (Lipinski definition) is 6. The smallest absolute Gasteiger partial charge is 0.225 e. The van der Waals surface area contributed by atoms with Crippen molar-refractivity contribution >= 4 is 39.0 Å². The van der Waals surface area contributed by atoms with E-state index in [0.29, 0.717) is 6.54 Å². The minimum absolute atomic E-state index is 0.245. The molecule has 0 aromatic carbocycles. The van der Waals surface area contributed by atoms with E-state index in [4.69, 9.17) is 11.6 Å². The lowest BCUT2D eigenvalue weighted by atomic mass is 10.4. The standard InChI is InChI=1S/C11H11ClN6S/c1-2-18-6-14-17-8(18)5-13-9-7-3-4-19-10(7)16-11(12)15-9/h3-4,6H,2,5H2,1H3,(H,13,15,16). The normalized spacial score (nSPS) is 11.1. The molecule has 0 aliphatic heterocycles. The molecule has 3 aromatic rings. The maximum atomic E-state index is 5.91. The average molecular weight is 295 g/mol. The first kappa shape index (κ1) is 12.3. The largest absolute Gasteiger partial charge is 0.362 e. The number of fused-ring (bicyclic) bond motifs is 1. The van der Waals surface area contributed by atoms with Crippen molar-refractivity contribution in [2.45, 2.75) is 20.0 Å². The zero-order valence-electron chi connectivity index (χ0n) is 10.2. The third-order valence-corrected chi connectivity index (χ3v) is 3.72. The molecule has 0 saturated carbocycles. The fraction of sp³-hybridized carbons (Fsp3) is 0.273. The summed E-state index contributed by atoms with van der Waals surface area (Å²) in [4.78, 5) is 9.27. The van der Waals surface area contributed by atoms with Crippen molar-refractivity contribution in [3.8, 4) is 0 Å². The minimum Gasteiger partial charge on any atom is -0.362 e. The number of anilines is 1. The molecule has 0 atom stereocenters. The lowest BCUT2D eigenvalue weighted by Gasteiger charge is -2.07. The van der Waals surface area contributed by atoms with Crippen molar-refractivity contribution in [1.82, 2.24) is 24.7 Å². The molecular weight excluding hydrogens is 284 g/mol. The Morgan fingerprint density at radius 3 is 3.16 bits per heavy atom. The molecule has 0 saturated heterocycles. The van der Waals surface area contributed by atoms with Gasteiger partial charge in [0.1, 0.15) is 17.0 Å². The van der Waals surface area contributed by atoms with Gasteiger partial charge in [0, 0.05) is 6.54 Å². The predicted octanol–water partition coefficient (Wildman–Crippen LogP) is 2.57. The molecule has 0 radical (unpaired) electrons. The van der Waals surface area contributed by atoms with Crippen molar-refractivity contribution in [1.29, 1.82) is 0 Å². The van der Waals surface area contributed by atoms with Gasteiger partial charge in [0.05, 0.1) is 11.9 Å². The summed E-state index contributed by atoms with van der Waals surface area (Å²) in [5.74, 6) is 1.59. The summed E-state index contributed by atoms with van der Waals surface area (Å²) < 4.78 is 1.97. The van der Waals surface area contributed by atoms with Gasteiger partial charge in [-0.25, -0.2) is 9.97 Å². The molecule has 0 aliphatic carbocycles. The van der Waals surface area contributed by atoms with E-state index >= 15 is 0 Å². The summed E-state index contributed by atoms with van der Waals surface area (Å²) in [6.07, 6.45) is 1.71. The van der Waals surface area contributed by atoms with Gasteiger partial charge >= 0.3 is 0 Å². The number of aryl methyl sites for hydroxylation is 1. The van der Waals surface area contributed by atoms with E-state index in [2.05, 4.69) is 25.5 Å². The highest BCUT2D eigenvalue weighted by molar-refractivity contribution is 7.16. The highest BCUT2D eigenvalue weighted by atomic mass is 35.5. The van der Waals surface area contributed by atoms with Gasteiger partial charge in [0.2, 0.25) is 5.28 Å². The molecule has 8 heteroatoms. The highest BCUT2D eigenvalue weighted by Gasteiger charge is 2.09. The van der Waals surface area contributed by atoms with Crippen molar-refractivity contribution in [3.63, 3.8) is 0 Å². The second-order valence-corrected chi connectivity index (χ2v) is 5.10. The number of halogens is 1. The lowest BCUT2D eigenvalue weighted by molar-refractivity contribution is 0.707. The molecule has 1 N–H and O–H groups in total. The van der Waals surface area contributed by atoms with Crippen LogP contribution in [0.25, 0.3) is 10.2 Å². The van der Waals surface area contributed by atoms with Crippen LogP contribution < -0.4 is 5.32 Å². The molecule has 3 aromatic heterocycles. The van der Waals surface area contributed by atoms with Crippen LogP contribution in [0, 0.1) is 0 Å². The van der Waals surface area contributed by atoms with Crippen LogP contribution in [0.1, 0.15) is 12.7 Å². The fourth-order valence-corrected chi connectivity index (χ4v) is 2.79. The minimum atomic E-state index is 0.245. The molecule has 0 amide bonds. The summed E-state index contributed by atoms with van der Waals surface area (Å²) >= 11 is 7.45. The molecule has 3 rings (SSSR count). The first-order chi connectivity index (χ1) is 9.28. The van der Waals surface area contributed by atoms with Crippen LogP contribution in [0.15, 0.2) is 17.8 Å². The van der Waals surface area contributed by atoms with Crippen LogP contribution in [0.5, 0.6) is 0 Å². The highest BCUT2D eigenvalue weighted by Crippen LogP contribution is 2.26. The van der Waals surface area contributed by atoms with Crippen LogP contribution in [0.3, 0.4) is 0 Å². The van der Waals surface area contributed by atoms with Gasteiger partial charge in [0.25, 0.3) is 0 Å². The van der Waals surface area contributed by atoms with Gasteiger partial charge in [-0.15, -0.1) is 21.5 Å². The lowest BCUT2D eigenvalue weighted by Crippen LogP contribution is -2.08. The number of nitrogens with zero attached hydrogens (tertiary/aromatic N) is 5. The summed E-state index contributed by atoms with van der Waals surface area (Å²) in [6, 6.07) is 1.98. The average Bonchev–Trinajstić information content (AvgIpc) is 3.03. The Balaban J connectivity index is 1.87. The van der Waals surface area contributed by atoms with Gasteiger partial charge in [-0.3, -0.25) is 0 Å². The molecule has 0 unspecified atom stereocenters. The number of nitrogens with one attached hydrogen (secondary N) is 1. The van der Waals surface area contributed by atoms with Crippen LogP contribution in [-0.2, 0) is 13.1 Å². The summed E-state index contributed by atoms with van der Waals surface area (Å²) in [5, 5.41) is 14.4. The third-order valence-electron chi connectivity index (χ3n) is 2.75. The summed E-state index contributed by atoms with van der Waals surface area (Å²) in [5.41, 5.74) is 0. The maximum Gasteiger partial charge on any atom is 0.225 e. The zero-order valence-corrected chi connectivity index (χ0v) is 11.7. The Bertz CT molecular complexity index is 706. The van der Waals surface area contributed by atoms with E-state index in [0.717, 1.165) is 28.4 Å². The summed E-state index contributed by atoms with van der Waals surface area (Å²) in [7, 11) is 0. The quantitative estimate of drug-likeness (QED) is 0.749. The van der Waals surface area contributed by atoms with Crippen LogP contribution in [0.4, 0.5) is 5.82 Å². The molecule has 0 spiro atoms. The second kappa shape index (κ2) is 5.10. The van der Waals surface area contributed by atoms with Gasteiger partial charge in [-0.1, -0.05) is 0 Å². The van der Waals surface area contributed by atoms with Crippen LogP contribution in [-0.4, -0.2) is 24.7 Å². The number of thiophene rings is 1. The van der Waals surface area contributed by atoms with Crippen LogP contribution >= 0.6 is 22.9 Å². The fourth-order valence-electron chi connectivity index (χ4n) is 1.81. The molecule has 98 valence electrons. The number of rotatable bonds is 4. The molecule has 0 fully saturated rings. The molecule has 3 heterocycles. The van der Waals surface area contributed by atoms with E-state index in [9.17, 15) is 0 Å². The van der Waals surface area contributed by atoms with E-state index in [1.807, 2.05) is 22.9 Å². The van der Waals surface area contributed by atoms with Crippen molar-refractivity contribution in [2.75, 3.05) is 5.32 Å². The van der Waals surface area contributed by atoms with E-state index in [1.165, 1.54) is 11.3 Å². The van der Waals surface area contributed by atoms with Gasteiger partial charge in [-0.2, -0.15) is 0 Å². The van der Waals surface area contributed by atoms with Gasteiger partial charge in [-0.05, 0) is 30.0 Å². The van der Waals surface area contributed by atoms with E-state index in [-0.39, 0.29) is 5.28 Å². The first-order valence-corrected chi connectivity index (χ1v) is 7.05. The monoisotopic (exact) mass is 294 g/mol. The summed E-state index contributed by atoms with van der Waals surface area (Å²) in [6.45, 7) is 3.43. The Labute approximate surface area is 118 Å². The van der Waals surface area contributed by atoms with Crippen molar-refractivity contribution < 1.29 is 0 Å². The van der Waals surface area contributed by atoms with Crippen molar-refractivity contribution in [2.24, 2.45) is 0 Å². The molecular formula is C11H11ClN6S.